The van der Waals surface area contributed by atoms with E-state index in [0.717, 1.165) is 15.4 Å². The minimum atomic E-state index is -0.488. The molecule has 0 saturated carbocycles. The zero-order valence-electron chi connectivity index (χ0n) is 17.8. The molecule has 0 bridgehead atoms. The molecule has 4 aromatic rings. The molecule has 4 rings (SSSR count). The lowest BCUT2D eigenvalue weighted by molar-refractivity contribution is 0.0929. The van der Waals surface area contributed by atoms with Gasteiger partial charge >= 0.3 is 5.91 Å². The van der Waals surface area contributed by atoms with E-state index in [9.17, 15) is 10.1 Å². The summed E-state index contributed by atoms with van der Waals surface area (Å²) in [7, 11) is 1.49. The number of amides is 1. The fraction of sp³-hybridized carbons (Fsp3) is 0.0800. The van der Waals surface area contributed by atoms with Crippen molar-refractivity contribution in [3.05, 3.63) is 92.6 Å². The molecule has 1 amide bonds. The Bertz CT molecular complexity index is 1440. The summed E-state index contributed by atoms with van der Waals surface area (Å²) < 4.78 is 17.7. The summed E-state index contributed by atoms with van der Waals surface area (Å²) in [4.78, 5) is 12.4. The van der Waals surface area contributed by atoms with E-state index < -0.39 is 5.91 Å². The van der Waals surface area contributed by atoms with Crippen LogP contribution in [0, 0.1) is 11.3 Å². The number of fused-ring (bicyclic) bond motifs is 1. The van der Waals surface area contributed by atoms with Gasteiger partial charge in [0.25, 0.3) is 0 Å². The Kier molecular flexibility index (Phi) is 7.16. The molecule has 9 heteroatoms. The third-order valence-corrected chi connectivity index (χ3v) is 5.62. The lowest BCUT2D eigenvalue weighted by atomic mass is 10.1. The van der Waals surface area contributed by atoms with Gasteiger partial charge in [-0.2, -0.15) is 10.4 Å². The second kappa shape index (κ2) is 10.4. The van der Waals surface area contributed by atoms with Crippen LogP contribution in [0.1, 0.15) is 27.2 Å². The molecular formula is C25H17BrClN3O4. The van der Waals surface area contributed by atoms with Crippen LogP contribution < -0.4 is 14.9 Å². The first-order valence-electron chi connectivity index (χ1n) is 9.99. The van der Waals surface area contributed by atoms with Crippen LogP contribution in [-0.4, -0.2) is 19.2 Å². The Morgan fingerprint density at radius 3 is 2.85 bits per heavy atom. The van der Waals surface area contributed by atoms with Crippen molar-refractivity contribution in [3.8, 4) is 17.6 Å². The third kappa shape index (κ3) is 5.22. The van der Waals surface area contributed by atoms with E-state index in [1.807, 2.05) is 24.3 Å². The Morgan fingerprint density at radius 2 is 2.06 bits per heavy atom. The number of carbonyl (C=O) groups excluding carboxylic acids is 1. The van der Waals surface area contributed by atoms with Crippen LogP contribution in [0.15, 0.2) is 74.7 Å². The fourth-order valence-electron chi connectivity index (χ4n) is 3.21. The number of ether oxygens (including phenoxy) is 2. The molecule has 0 aliphatic heterocycles. The number of methoxy groups -OCH3 is 1. The smallest absolute Gasteiger partial charge is 0.307 e. The van der Waals surface area contributed by atoms with E-state index in [1.165, 1.54) is 13.3 Å². The van der Waals surface area contributed by atoms with Gasteiger partial charge in [-0.1, -0.05) is 45.7 Å². The number of halogens is 2. The largest absolute Gasteiger partial charge is 0.493 e. The molecule has 0 radical (unpaired) electrons. The molecule has 0 atom stereocenters. The van der Waals surface area contributed by atoms with E-state index in [2.05, 4.69) is 32.5 Å². The molecule has 1 N–H and O–H groups in total. The van der Waals surface area contributed by atoms with Crippen molar-refractivity contribution in [1.29, 1.82) is 5.26 Å². The lowest BCUT2D eigenvalue weighted by Gasteiger charge is -2.14. The zero-order chi connectivity index (χ0) is 24.1. The number of benzene rings is 3. The standard InChI is InChI=1S/C25H17BrClN3O4/c1-32-22-9-15(8-20(27)24(22)33-14-17-5-3-2-4-16(17)12-28)13-29-30-25(31)23-11-18-10-19(26)6-7-21(18)34-23/h2-11,13H,14H2,1H3,(H,30,31)/b29-13-. The molecule has 7 nitrogen and oxygen atoms in total. The van der Waals surface area contributed by atoms with Gasteiger partial charge in [0.1, 0.15) is 12.2 Å². The number of hydrazone groups is 1. The summed E-state index contributed by atoms with van der Waals surface area (Å²) in [6.07, 6.45) is 1.43. The van der Waals surface area contributed by atoms with Crippen molar-refractivity contribution < 1.29 is 18.7 Å². The molecule has 170 valence electrons. The van der Waals surface area contributed by atoms with Crippen molar-refractivity contribution in [2.75, 3.05) is 7.11 Å². The summed E-state index contributed by atoms with van der Waals surface area (Å²) in [5.74, 6) is 0.379. The number of hydrogen-bond donors (Lipinski definition) is 1. The minimum Gasteiger partial charge on any atom is -0.493 e. The molecule has 0 unspecified atom stereocenters. The van der Waals surface area contributed by atoms with Gasteiger partial charge in [0.2, 0.25) is 0 Å². The first kappa shape index (κ1) is 23.4. The predicted molar refractivity (Wildman–Crippen MR) is 132 cm³/mol. The van der Waals surface area contributed by atoms with Gasteiger partial charge in [0.15, 0.2) is 17.3 Å². The number of nitriles is 1. The number of furan rings is 1. The summed E-state index contributed by atoms with van der Waals surface area (Å²) in [5.41, 5.74) is 4.87. The van der Waals surface area contributed by atoms with Gasteiger partial charge < -0.3 is 13.9 Å². The van der Waals surface area contributed by atoms with Crippen LogP contribution in [0.2, 0.25) is 5.02 Å². The zero-order valence-corrected chi connectivity index (χ0v) is 20.2. The number of nitrogens with one attached hydrogen (secondary N) is 1. The lowest BCUT2D eigenvalue weighted by Crippen LogP contribution is -2.16. The van der Waals surface area contributed by atoms with Crippen LogP contribution in [0.5, 0.6) is 11.5 Å². The predicted octanol–water partition coefficient (Wildman–Crippen LogP) is 6.07. The molecule has 3 aromatic carbocycles. The molecule has 0 saturated heterocycles. The topological polar surface area (TPSA) is 96.8 Å². The summed E-state index contributed by atoms with van der Waals surface area (Å²) in [6, 6.07) is 19.7. The Balaban J connectivity index is 1.46. The maximum atomic E-state index is 12.4. The van der Waals surface area contributed by atoms with Gasteiger partial charge in [-0.15, -0.1) is 0 Å². The number of nitrogens with zero attached hydrogens (tertiary/aromatic N) is 2. The summed E-state index contributed by atoms with van der Waals surface area (Å²) in [6.45, 7) is 0.150. The van der Waals surface area contributed by atoms with E-state index >= 15 is 0 Å². The Labute approximate surface area is 208 Å². The monoisotopic (exact) mass is 537 g/mol. The first-order valence-corrected chi connectivity index (χ1v) is 11.2. The minimum absolute atomic E-state index is 0.141. The quantitative estimate of drug-likeness (QED) is 0.227. The average Bonchev–Trinajstić information content (AvgIpc) is 3.26. The maximum absolute atomic E-state index is 12.4. The van der Waals surface area contributed by atoms with Crippen LogP contribution >= 0.6 is 27.5 Å². The van der Waals surface area contributed by atoms with Crippen molar-refractivity contribution in [1.82, 2.24) is 5.43 Å². The van der Waals surface area contributed by atoms with Crippen molar-refractivity contribution >= 4 is 50.6 Å². The van der Waals surface area contributed by atoms with Crippen molar-refractivity contribution in [2.45, 2.75) is 6.61 Å². The second-order valence-electron chi connectivity index (χ2n) is 7.08. The highest BCUT2D eigenvalue weighted by Crippen LogP contribution is 2.36. The van der Waals surface area contributed by atoms with E-state index in [1.54, 1.807) is 36.4 Å². The van der Waals surface area contributed by atoms with Gasteiger partial charge in [-0.3, -0.25) is 4.79 Å². The molecule has 1 aromatic heterocycles. The van der Waals surface area contributed by atoms with E-state index in [0.29, 0.717) is 33.2 Å². The van der Waals surface area contributed by atoms with Gasteiger partial charge in [-0.05, 0) is 48.0 Å². The van der Waals surface area contributed by atoms with Crippen molar-refractivity contribution in [2.24, 2.45) is 5.10 Å². The average molecular weight is 539 g/mol. The van der Waals surface area contributed by atoms with Gasteiger partial charge in [0.05, 0.1) is 30.0 Å². The molecule has 0 spiro atoms. The molecule has 1 heterocycles. The van der Waals surface area contributed by atoms with Crippen LogP contribution in [-0.2, 0) is 6.61 Å². The maximum Gasteiger partial charge on any atom is 0.307 e. The first-order chi connectivity index (χ1) is 16.5. The SMILES string of the molecule is COc1cc(/C=N\NC(=O)c2cc3cc(Br)ccc3o2)cc(Cl)c1OCc1ccccc1C#N. The highest BCUT2D eigenvalue weighted by Gasteiger charge is 2.14. The normalized spacial score (nSPS) is 10.9. The molecule has 0 aliphatic rings. The van der Waals surface area contributed by atoms with Crippen LogP contribution in [0.3, 0.4) is 0 Å². The highest BCUT2D eigenvalue weighted by molar-refractivity contribution is 9.10. The fourth-order valence-corrected chi connectivity index (χ4v) is 3.86. The van der Waals surface area contributed by atoms with Crippen LogP contribution in [0.4, 0.5) is 0 Å². The number of carbonyl (C=O) groups is 1. The number of hydrogen-bond acceptors (Lipinski definition) is 6. The molecule has 0 fully saturated rings. The Morgan fingerprint density at radius 1 is 1.24 bits per heavy atom. The summed E-state index contributed by atoms with van der Waals surface area (Å²) in [5, 5.41) is 14.3. The molecular weight excluding hydrogens is 522 g/mol. The highest BCUT2D eigenvalue weighted by atomic mass is 79.9. The third-order valence-electron chi connectivity index (χ3n) is 4.84. The van der Waals surface area contributed by atoms with E-state index in [4.69, 9.17) is 25.5 Å². The van der Waals surface area contributed by atoms with Crippen LogP contribution in [0.25, 0.3) is 11.0 Å². The second-order valence-corrected chi connectivity index (χ2v) is 8.41. The van der Waals surface area contributed by atoms with Gasteiger partial charge in [-0.25, -0.2) is 5.43 Å². The van der Waals surface area contributed by atoms with E-state index in [-0.39, 0.29) is 12.4 Å². The molecule has 34 heavy (non-hydrogen) atoms. The molecule has 0 aliphatic carbocycles. The summed E-state index contributed by atoms with van der Waals surface area (Å²) >= 11 is 9.80. The Hall–Kier alpha value is -3.80. The number of rotatable bonds is 7. The van der Waals surface area contributed by atoms with Crippen molar-refractivity contribution in [3.63, 3.8) is 0 Å². The van der Waals surface area contributed by atoms with Gasteiger partial charge in [0, 0.05) is 15.4 Å².